The number of hydrogen-bond acceptors (Lipinski definition) is 5. The highest BCUT2D eigenvalue weighted by atomic mass is 19.1. The van der Waals surface area contributed by atoms with Crippen molar-refractivity contribution in [1.82, 2.24) is 15.2 Å². The van der Waals surface area contributed by atoms with Gasteiger partial charge in [0.2, 0.25) is 0 Å². The van der Waals surface area contributed by atoms with E-state index in [0.717, 1.165) is 70.7 Å². The Morgan fingerprint density at radius 1 is 1.07 bits per heavy atom. The van der Waals surface area contributed by atoms with Crippen LogP contribution < -0.4 is 20.1 Å². The van der Waals surface area contributed by atoms with Gasteiger partial charge in [-0.3, -0.25) is 9.88 Å². The van der Waals surface area contributed by atoms with Crippen molar-refractivity contribution in [2.75, 3.05) is 39.2 Å². The van der Waals surface area contributed by atoms with Gasteiger partial charge in [0.05, 0.1) is 25.4 Å². The summed E-state index contributed by atoms with van der Waals surface area (Å²) in [6.07, 6.45) is 2.47. The standard InChI is InChI=1S/C32H35FN4O3/c1-21-18-28(26-6-4-5-7-27(26)35-21)36-32(38)34-15-17-37-16-14-23-19-25(39-2)20-30(40-3)31(23)29(37)13-10-22-8-11-24(33)12-9-22/h4-9,11-12,18-20,29H,10,13-17H2,1-3H3,(H2,34,35,36,38). The number of ether oxygens (including phenoxy) is 2. The second-order valence-electron chi connectivity index (χ2n) is 10.1. The lowest BCUT2D eigenvalue weighted by Crippen LogP contribution is -2.42. The monoisotopic (exact) mass is 542 g/mol. The van der Waals surface area contributed by atoms with Gasteiger partial charge < -0.3 is 20.1 Å². The Morgan fingerprint density at radius 2 is 1.88 bits per heavy atom. The molecule has 0 bridgehead atoms. The highest BCUT2D eigenvalue weighted by molar-refractivity contribution is 6.00. The Labute approximate surface area is 234 Å². The lowest BCUT2D eigenvalue weighted by atomic mass is 9.87. The maximum atomic E-state index is 13.5. The zero-order valence-corrected chi connectivity index (χ0v) is 23.2. The number of amides is 2. The maximum Gasteiger partial charge on any atom is 0.319 e. The molecule has 0 saturated carbocycles. The van der Waals surface area contributed by atoms with E-state index in [1.54, 1.807) is 14.2 Å². The third-order valence-corrected chi connectivity index (χ3v) is 7.50. The molecule has 1 aromatic heterocycles. The molecule has 40 heavy (non-hydrogen) atoms. The first-order chi connectivity index (χ1) is 19.4. The lowest BCUT2D eigenvalue weighted by Gasteiger charge is -2.38. The lowest BCUT2D eigenvalue weighted by molar-refractivity contribution is 0.172. The molecule has 2 amide bonds. The quantitative estimate of drug-likeness (QED) is 0.269. The van der Waals surface area contributed by atoms with Gasteiger partial charge in [0, 0.05) is 48.4 Å². The van der Waals surface area contributed by atoms with E-state index in [9.17, 15) is 9.18 Å². The number of nitrogens with one attached hydrogen (secondary N) is 2. The van der Waals surface area contributed by atoms with Gasteiger partial charge in [0.25, 0.3) is 0 Å². The number of methoxy groups -OCH3 is 2. The van der Waals surface area contributed by atoms with Gasteiger partial charge in [-0.25, -0.2) is 9.18 Å². The molecule has 8 heteroatoms. The smallest absolute Gasteiger partial charge is 0.319 e. The topological polar surface area (TPSA) is 75.7 Å². The van der Waals surface area contributed by atoms with Crippen molar-refractivity contribution in [2.45, 2.75) is 32.2 Å². The number of rotatable bonds is 9. The molecular formula is C32H35FN4O3. The zero-order chi connectivity index (χ0) is 28.1. The average molecular weight is 543 g/mol. The number of nitrogens with zero attached hydrogens (tertiary/aromatic N) is 2. The van der Waals surface area contributed by atoms with Crippen LogP contribution in [0.1, 0.15) is 34.8 Å². The summed E-state index contributed by atoms with van der Waals surface area (Å²) in [5.74, 6) is 1.34. The number of hydrogen-bond donors (Lipinski definition) is 2. The Hall–Kier alpha value is -4.17. The number of benzene rings is 3. The number of para-hydroxylation sites is 1. The maximum absolute atomic E-state index is 13.5. The van der Waals surface area contributed by atoms with Crippen LogP contribution in [0.2, 0.25) is 0 Å². The van der Waals surface area contributed by atoms with Gasteiger partial charge in [0.1, 0.15) is 17.3 Å². The predicted molar refractivity (Wildman–Crippen MR) is 156 cm³/mol. The van der Waals surface area contributed by atoms with Crippen molar-refractivity contribution in [3.63, 3.8) is 0 Å². The van der Waals surface area contributed by atoms with Gasteiger partial charge in [0.15, 0.2) is 0 Å². The van der Waals surface area contributed by atoms with E-state index < -0.39 is 0 Å². The molecule has 3 aromatic carbocycles. The van der Waals surface area contributed by atoms with Crippen molar-refractivity contribution < 1.29 is 18.7 Å². The van der Waals surface area contributed by atoms with Gasteiger partial charge >= 0.3 is 6.03 Å². The first-order valence-electron chi connectivity index (χ1n) is 13.6. The molecule has 0 fully saturated rings. The molecule has 2 N–H and O–H groups in total. The minimum atomic E-state index is -0.252. The number of fused-ring (bicyclic) bond motifs is 2. The summed E-state index contributed by atoms with van der Waals surface area (Å²) >= 11 is 0. The second-order valence-corrected chi connectivity index (χ2v) is 10.1. The number of halogens is 1. The van der Waals surface area contributed by atoms with E-state index in [1.165, 1.54) is 17.7 Å². The average Bonchev–Trinajstić information content (AvgIpc) is 2.96. The van der Waals surface area contributed by atoms with E-state index in [4.69, 9.17) is 9.47 Å². The Morgan fingerprint density at radius 3 is 2.65 bits per heavy atom. The van der Waals surface area contributed by atoms with Crippen molar-refractivity contribution in [3.05, 3.63) is 94.9 Å². The van der Waals surface area contributed by atoms with Crippen LogP contribution in [-0.4, -0.2) is 49.8 Å². The van der Waals surface area contributed by atoms with Gasteiger partial charge in [-0.05, 0) is 67.6 Å². The van der Waals surface area contributed by atoms with Crippen LogP contribution in [0.25, 0.3) is 10.9 Å². The van der Waals surface area contributed by atoms with Crippen LogP contribution in [0.3, 0.4) is 0 Å². The molecule has 7 nitrogen and oxygen atoms in total. The SMILES string of the molecule is COc1cc2c(c(OC)c1)C(CCc1ccc(F)cc1)N(CCNC(=O)Nc1cc(C)nc3ccccc13)CC2. The zero-order valence-electron chi connectivity index (χ0n) is 23.2. The molecule has 5 rings (SSSR count). The number of aromatic nitrogens is 1. The van der Waals surface area contributed by atoms with Gasteiger partial charge in [-0.1, -0.05) is 30.3 Å². The largest absolute Gasteiger partial charge is 0.497 e. The molecule has 1 atom stereocenters. The normalized spacial score (nSPS) is 14.9. The van der Waals surface area contributed by atoms with Gasteiger partial charge in [-0.2, -0.15) is 0 Å². The molecule has 0 radical (unpaired) electrons. The molecular weight excluding hydrogens is 507 g/mol. The fourth-order valence-corrected chi connectivity index (χ4v) is 5.57. The molecule has 1 unspecified atom stereocenters. The second kappa shape index (κ2) is 12.3. The Kier molecular flexibility index (Phi) is 8.45. The Balaban J connectivity index is 1.30. The van der Waals surface area contributed by atoms with Crippen LogP contribution >= 0.6 is 0 Å². The number of carbonyl (C=O) groups is 1. The molecule has 1 aliphatic heterocycles. The van der Waals surface area contributed by atoms with E-state index in [0.29, 0.717) is 13.1 Å². The minimum absolute atomic E-state index is 0.0753. The highest BCUT2D eigenvalue weighted by Gasteiger charge is 2.30. The first-order valence-corrected chi connectivity index (χ1v) is 13.6. The summed E-state index contributed by atoms with van der Waals surface area (Å²) in [6, 6.07) is 20.2. The molecule has 4 aromatic rings. The molecule has 0 spiro atoms. The number of urea groups is 1. The summed E-state index contributed by atoms with van der Waals surface area (Å²) in [5.41, 5.74) is 5.87. The molecule has 0 saturated heterocycles. The van der Waals surface area contributed by atoms with Crippen LogP contribution in [-0.2, 0) is 12.8 Å². The number of aryl methyl sites for hydroxylation is 2. The van der Waals surface area contributed by atoms with E-state index in [-0.39, 0.29) is 17.9 Å². The van der Waals surface area contributed by atoms with Crippen LogP contribution in [0.5, 0.6) is 11.5 Å². The van der Waals surface area contributed by atoms with E-state index in [1.807, 2.05) is 55.5 Å². The predicted octanol–water partition coefficient (Wildman–Crippen LogP) is 6.05. The minimum Gasteiger partial charge on any atom is -0.497 e. The summed E-state index contributed by atoms with van der Waals surface area (Å²) in [4.78, 5) is 19.8. The van der Waals surface area contributed by atoms with Gasteiger partial charge in [-0.15, -0.1) is 0 Å². The fourth-order valence-electron chi connectivity index (χ4n) is 5.57. The van der Waals surface area contributed by atoms with E-state index >= 15 is 0 Å². The first kappa shape index (κ1) is 27.4. The third kappa shape index (κ3) is 6.18. The molecule has 0 aliphatic carbocycles. The fraction of sp³-hybridized carbons (Fsp3) is 0.312. The van der Waals surface area contributed by atoms with Crippen LogP contribution in [0.15, 0.2) is 66.7 Å². The molecule has 208 valence electrons. The van der Waals surface area contributed by atoms with Crippen molar-refractivity contribution in [2.24, 2.45) is 0 Å². The number of carbonyl (C=O) groups excluding carboxylic acids is 1. The summed E-state index contributed by atoms with van der Waals surface area (Å²) < 4.78 is 24.8. The van der Waals surface area contributed by atoms with Crippen molar-refractivity contribution >= 4 is 22.6 Å². The highest BCUT2D eigenvalue weighted by Crippen LogP contribution is 2.41. The number of anilines is 1. The number of pyridine rings is 1. The molecule has 1 aliphatic rings. The van der Waals surface area contributed by atoms with E-state index in [2.05, 4.69) is 26.6 Å². The Bertz CT molecular complexity index is 1470. The third-order valence-electron chi connectivity index (χ3n) is 7.50. The van der Waals surface area contributed by atoms with Crippen LogP contribution in [0.4, 0.5) is 14.9 Å². The van der Waals surface area contributed by atoms with Crippen molar-refractivity contribution in [1.29, 1.82) is 0 Å². The summed E-state index contributed by atoms with van der Waals surface area (Å²) in [6.45, 7) is 3.91. The summed E-state index contributed by atoms with van der Waals surface area (Å²) in [5, 5.41) is 6.93. The summed E-state index contributed by atoms with van der Waals surface area (Å²) in [7, 11) is 3.34. The van der Waals surface area contributed by atoms with Crippen molar-refractivity contribution in [3.8, 4) is 11.5 Å². The molecule has 2 heterocycles. The van der Waals surface area contributed by atoms with Crippen LogP contribution in [0, 0.1) is 12.7 Å².